The smallest absolute Gasteiger partial charge is 0.341 e. The first-order valence-corrected chi connectivity index (χ1v) is 10.9. The summed E-state index contributed by atoms with van der Waals surface area (Å²) in [6.45, 7) is 3.21. The van der Waals surface area contributed by atoms with Crippen molar-refractivity contribution in [3.8, 4) is 0 Å². The third kappa shape index (κ3) is 5.13. The highest BCUT2D eigenvalue weighted by Crippen LogP contribution is 2.37. The van der Waals surface area contributed by atoms with Crippen molar-refractivity contribution in [3.05, 3.63) is 66.3 Å². The van der Waals surface area contributed by atoms with E-state index in [1.807, 2.05) is 0 Å². The Hall–Kier alpha value is -2.82. The number of carboxylic acid groups (broad SMARTS) is 1. The number of carbonyl (C=O) groups is 2. The summed E-state index contributed by atoms with van der Waals surface area (Å²) in [4.78, 5) is 41.9. The predicted octanol–water partition coefficient (Wildman–Crippen LogP) is 5.23. The van der Waals surface area contributed by atoms with Gasteiger partial charge in [-0.15, -0.1) is 0 Å². The maximum atomic E-state index is 13.8. The van der Waals surface area contributed by atoms with Crippen LogP contribution in [0.15, 0.2) is 17.1 Å². The van der Waals surface area contributed by atoms with Gasteiger partial charge in [0.2, 0.25) is 5.43 Å². The second kappa shape index (κ2) is 10.2. The highest BCUT2D eigenvalue weighted by atomic mass is 35.5. The van der Waals surface area contributed by atoms with Crippen molar-refractivity contribution in [3.63, 3.8) is 0 Å². The molecule has 4 rings (SSSR count). The summed E-state index contributed by atoms with van der Waals surface area (Å²) in [6, 6.07) is 0.986. The molecule has 0 aliphatic heterocycles. The fraction of sp³-hybridized carbons (Fsp3) is 0.286. The Bertz CT molecular complexity index is 1380. The standard InChI is InChI=1S/C13H10ClFN2O3.C8H6Cl2FNO2/c1-5-8-10(18)7(13(19)20)4-17(6-2-3-6)12(8)16-11(14)9(5)15;1-2-14-8(13)4-3-5(11)7(10)12-6(4)9/h4,6H,2-3H2,1H3,(H,19,20);3H,2H2,1H3. The van der Waals surface area contributed by atoms with Crippen molar-refractivity contribution >= 4 is 57.8 Å². The summed E-state index contributed by atoms with van der Waals surface area (Å²) in [5, 5.41) is 8.24. The molecule has 1 N–H and O–H groups in total. The number of aromatic carboxylic acids is 1. The first-order chi connectivity index (χ1) is 16.0. The Morgan fingerprint density at radius 2 is 1.79 bits per heavy atom. The highest BCUT2D eigenvalue weighted by Gasteiger charge is 2.29. The van der Waals surface area contributed by atoms with E-state index in [1.165, 1.54) is 13.1 Å². The zero-order valence-electron chi connectivity index (χ0n) is 17.7. The molecule has 3 heterocycles. The number of ether oxygens (including phenoxy) is 1. The first-order valence-electron chi connectivity index (χ1n) is 9.80. The maximum Gasteiger partial charge on any atom is 0.341 e. The molecular weight excluding hydrogens is 519 g/mol. The van der Waals surface area contributed by atoms with Crippen LogP contribution in [0, 0.1) is 18.6 Å². The topological polar surface area (TPSA) is 111 Å². The molecule has 34 heavy (non-hydrogen) atoms. The molecule has 1 aliphatic rings. The SMILES string of the molecule is CCOC(=O)c1cc(F)c(Cl)nc1Cl.Cc1c(F)c(Cl)nc2c1c(=O)c(C(=O)O)cn2C1CC1. The van der Waals surface area contributed by atoms with Gasteiger partial charge in [0, 0.05) is 17.8 Å². The van der Waals surface area contributed by atoms with Crippen LogP contribution in [0.2, 0.25) is 15.5 Å². The van der Waals surface area contributed by atoms with Gasteiger partial charge in [-0.1, -0.05) is 34.8 Å². The van der Waals surface area contributed by atoms with Crippen LogP contribution >= 0.6 is 34.8 Å². The predicted molar refractivity (Wildman–Crippen MR) is 121 cm³/mol. The van der Waals surface area contributed by atoms with E-state index in [2.05, 4.69) is 14.7 Å². The first kappa shape index (κ1) is 25.8. The van der Waals surface area contributed by atoms with E-state index in [9.17, 15) is 23.2 Å². The zero-order chi connectivity index (χ0) is 25.3. The van der Waals surface area contributed by atoms with E-state index < -0.39 is 29.0 Å². The molecule has 8 nitrogen and oxygen atoms in total. The van der Waals surface area contributed by atoms with E-state index in [1.54, 1.807) is 11.5 Å². The second-order valence-corrected chi connectivity index (χ2v) is 8.25. The number of fused-ring (bicyclic) bond motifs is 1. The van der Waals surface area contributed by atoms with Crippen molar-refractivity contribution in [1.82, 2.24) is 14.5 Å². The molecule has 0 atom stereocenters. The average Bonchev–Trinajstić information content (AvgIpc) is 3.60. The summed E-state index contributed by atoms with van der Waals surface area (Å²) in [6.07, 6.45) is 3.00. The monoisotopic (exact) mass is 533 g/mol. The average molecular weight is 535 g/mol. The molecule has 1 aliphatic carbocycles. The lowest BCUT2D eigenvalue weighted by atomic mass is 10.1. The van der Waals surface area contributed by atoms with Gasteiger partial charge in [0.25, 0.3) is 0 Å². The minimum Gasteiger partial charge on any atom is -0.477 e. The number of nitrogens with zero attached hydrogens (tertiary/aromatic N) is 3. The molecular formula is C21H16Cl3F2N3O5. The number of pyridine rings is 3. The van der Waals surface area contributed by atoms with E-state index in [-0.39, 0.29) is 55.8 Å². The molecule has 0 spiro atoms. The molecule has 1 fully saturated rings. The maximum absolute atomic E-state index is 13.8. The molecule has 13 heteroatoms. The summed E-state index contributed by atoms with van der Waals surface area (Å²) in [7, 11) is 0. The largest absolute Gasteiger partial charge is 0.477 e. The lowest BCUT2D eigenvalue weighted by Crippen LogP contribution is -2.20. The van der Waals surface area contributed by atoms with Crippen LogP contribution in [-0.4, -0.2) is 38.2 Å². The third-order valence-electron chi connectivity index (χ3n) is 4.85. The molecule has 3 aromatic rings. The number of aryl methyl sites for hydroxylation is 1. The van der Waals surface area contributed by atoms with Crippen molar-refractivity contribution < 1.29 is 28.2 Å². The van der Waals surface area contributed by atoms with Gasteiger partial charge in [-0.2, -0.15) is 0 Å². The molecule has 3 aromatic heterocycles. The Morgan fingerprint density at radius 3 is 2.35 bits per heavy atom. The number of esters is 1. The molecule has 0 aromatic carbocycles. The summed E-state index contributed by atoms with van der Waals surface area (Å²) >= 11 is 16.6. The quantitative estimate of drug-likeness (QED) is 0.360. The van der Waals surface area contributed by atoms with Crippen LogP contribution in [0.4, 0.5) is 8.78 Å². The molecule has 0 bridgehead atoms. The van der Waals surface area contributed by atoms with Gasteiger partial charge < -0.3 is 14.4 Å². The van der Waals surface area contributed by atoms with Crippen molar-refractivity contribution in [2.45, 2.75) is 32.7 Å². The van der Waals surface area contributed by atoms with Gasteiger partial charge in [-0.05, 0) is 32.8 Å². The number of carboxylic acids is 1. The van der Waals surface area contributed by atoms with Crippen molar-refractivity contribution in [1.29, 1.82) is 0 Å². The van der Waals surface area contributed by atoms with Crippen LogP contribution in [-0.2, 0) is 4.74 Å². The van der Waals surface area contributed by atoms with Gasteiger partial charge in [-0.3, -0.25) is 4.79 Å². The normalized spacial score (nSPS) is 12.8. The number of halogens is 5. The van der Waals surface area contributed by atoms with Crippen molar-refractivity contribution in [2.24, 2.45) is 0 Å². The summed E-state index contributed by atoms with van der Waals surface area (Å²) in [5.74, 6) is -3.65. The minimum absolute atomic E-state index is 0.0151. The highest BCUT2D eigenvalue weighted by molar-refractivity contribution is 6.34. The van der Waals surface area contributed by atoms with E-state index in [4.69, 9.17) is 39.9 Å². The number of rotatable bonds is 4. The Morgan fingerprint density at radius 1 is 1.15 bits per heavy atom. The fourth-order valence-corrected chi connectivity index (χ4v) is 3.68. The molecule has 180 valence electrons. The Kier molecular flexibility index (Phi) is 7.74. The van der Waals surface area contributed by atoms with Crippen LogP contribution in [0.25, 0.3) is 11.0 Å². The van der Waals surface area contributed by atoms with Gasteiger partial charge in [-0.25, -0.2) is 28.3 Å². The van der Waals surface area contributed by atoms with Crippen LogP contribution in [0.3, 0.4) is 0 Å². The summed E-state index contributed by atoms with van der Waals surface area (Å²) < 4.78 is 33.0. The molecule has 0 amide bonds. The van der Waals surface area contributed by atoms with E-state index >= 15 is 0 Å². The fourth-order valence-electron chi connectivity index (χ4n) is 3.06. The van der Waals surface area contributed by atoms with Crippen LogP contribution < -0.4 is 5.43 Å². The minimum atomic E-state index is -1.33. The third-order valence-corrected chi connectivity index (χ3v) is 5.65. The lowest BCUT2D eigenvalue weighted by Gasteiger charge is -2.12. The lowest BCUT2D eigenvalue weighted by molar-refractivity contribution is 0.0525. The van der Waals surface area contributed by atoms with E-state index in [0.717, 1.165) is 18.9 Å². The Balaban J connectivity index is 0.000000204. The van der Waals surface area contributed by atoms with Gasteiger partial charge >= 0.3 is 11.9 Å². The molecule has 0 radical (unpaired) electrons. The summed E-state index contributed by atoms with van der Waals surface area (Å²) in [5.41, 5.74) is -0.967. The van der Waals surface area contributed by atoms with Gasteiger partial charge in [0.15, 0.2) is 21.9 Å². The number of carbonyl (C=O) groups excluding carboxylic acids is 1. The number of aromatic nitrogens is 3. The van der Waals surface area contributed by atoms with Crippen LogP contribution in [0.5, 0.6) is 0 Å². The molecule has 1 saturated carbocycles. The van der Waals surface area contributed by atoms with Gasteiger partial charge in [0.1, 0.15) is 16.4 Å². The van der Waals surface area contributed by atoms with Gasteiger partial charge in [0.05, 0.1) is 17.6 Å². The zero-order valence-corrected chi connectivity index (χ0v) is 19.9. The van der Waals surface area contributed by atoms with Crippen molar-refractivity contribution in [2.75, 3.05) is 6.61 Å². The number of hydrogen-bond acceptors (Lipinski definition) is 6. The van der Waals surface area contributed by atoms with Crippen LogP contribution in [0.1, 0.15) is 52.1 Å². The van der Waals surface area contributed by atoms with E-state index in [0.29, 0.717) is 0 Å². The molecule has 0 unspecified atom stereocenters. The molecule has 0 saturated heterocycles. The number of hydrogen-bond donors (Lipinski definition) is 1. The second-order valence-electron chi connectivity index (χ2n) is 7.18. The Labute approximate surface area is 206 Å².